The van der Waals surface area contributed by atoms with E-state index in [2.05, 4.69) is 10.5 Å². The van der Waals surface area contributed by atoms with E-state index in [-0.39, 0.29) is 23.4 Å². The topological polar surface area (TPSA) is 75.4 Å². The Kier molecular flexibility index (Phi) is 4.60. The zero-order valence-electron chi connectivity index (χ0n) is 16.1. The van der Waals surface area contributed by atoms with Gasteiger partial charge in [-0.2, -0.15) is 0 Å². The maximum Gasteiger partial charge on any atom is 0.233 e. The Hall–Kier alpha value is -2.76. The van der Waals surface area contributed by atoms with Gasteiger partial charge in [-0.3, -0.25) is 4.79 Å². The average Bonchev–Trinajstić information content (AvgIpc) is 3.08. The van der Waals surface area contributed by atoms with Gasteiger partial charge in [0.2, 0.25) is 5.88 Å². The van der Waals surface area contributed by atoms with Gasteiger partial charge in [0, 0.05) is 33.7 Å². The molecule has 0 saturated heterocycles. The summed E-state index contributed by atoms with van der Waals surface area (Å²) in [6.07, 6.45) is 1.03. The van der Waals surface area contributed by atoms with Crippen molar-refractivity contribution in [2.24, 2.45) is 0 Å². The largest absolute Gasteiger partial charge is 0.508 e. The summed E-state index contributed by atoms with van der Waals surface area (Å²) in [5.74, 6) is 0.457. The van der Waals surface area contributed by atoms with Crippen molar-refractivity contribution in [2.45, 2.75) is 31.6 Å². The number of hydrogen-bond acceptors (Lipinski definition) is 5. The Morgan fingerprint density at radius 1 is 1.13 bits per heavy atom. The molecule has 2 heterocycles. The molecular formula is C23H18Cl2N2O3. The molecule has 0 bridgehead atoms. The summed E-state index contributed by atoms with van der Waals surface area (Å²) < 4.78 is 5.53. The highest BCUT2D eigenvalue weighted by Gasteiger charge is 2.41. The predicted octanol–water partition coefficient (Wildman–Crippen LogP) is 5.95. The molecule has 0 amide bonds. The highest BCUT2D eigenvalue weighted by molar-refractivity contribution is 6.35. The lowest BCUT2D eigenvalue weighted by atomic mass is 9.72. The van der Waals surface area contributed by atoms with Gasteiger partial charge in [-0.15, -0.1) is 0 Å². The van der Waals surface area contributed by atoms with Crippen molar-refractivity contribution in [1.82, 2.24) is 5.16 Å². The van der Waals surface area contributed by atoms with Crippen LogP contribution in [-0.4, -0.2) is 16.0 Å². The quantitative estimate of drug-likeness (QED) is 0.514. The number of aromatic hydroxyl groups is 1. The summed E-state index contributed by atoms with van der Waals surface area (Å²) in [6.45, 7) is 1.86. The number of halogens is 2. The number of nitrogens with zero attached hydrogens (tertiary/aromatic N) is 1. The van der Waals surface area contributed by atoms with Gasteiger partial charge in [0.05, 0.1) is 11.3 Å². The number of rotatable bonds is 2. The minimum absolute atomic E-state index is 0.0104. The molecule has 2 aromatic carbocycles. The summed E-state index contributed by atoms with van der Waals surface area (Å²) in [4.78, 5) is 13.4. The highest BCUT2D eigenvalue weighted by atomic mass is 35.5. The van der Waals surface area contributed by atoms with Crippen LogP contribution in [0.25, 0.3) is 0 Å². The first-order valence-corrected chi connectivity index (χ1v) is 10.4. The van der Waals surface area contributed by atoms with Crippen molar-refractivity contribution in [3.8, 4) is 5.75 Å². The van der Waals surface area contributed by atoms with E-state index < -0.39 is 0 Å². The van der Waals surface area contributed by atoms with Crippen molar-refractivity contribution in [3.05, 3.63) is 86.2 Å². The minimum Gasteiger partial charge on any atom is -0.508 e. The molecule has 3 aromatic rings. The third-order valence-electron chi connectivity index (χ3n) is 5.90. The van der Waals surface area contributed by atoms with Crippen molar-refractivity contribution in [3.63, 3.8) is 0 Å². The number of carbonyl (C=O) groups excluding carboxylic acids is 1. The Balaban J connectivity index is 1.63. The molecule has 152 valence electrons. The molecular weight excluding hydrogens is 423 g/mol. The molecule has 2 aliphatic rings. The molecule has 5 rings (SSSR count). The molecule has 1 aliphatic heterocycles. The Morgan fingerprint density at radius 2 is 1.90 bits per heavy atom. The van der Waals surface area contributed by atoms with E-state index in [0.29, 0.717) is 40.0 Å². The zero-order chi connectivity index (χ0) is 21.0. The van der Waals surface area contributed by atoms with E-state index in [1.807, 2.05) is 25.1 Å². The van der Waals surface area contributed by atoms with E-state index in [1.165, 1.54) is 0 Å². The van der Waals surface area contributed by atoms with Gasteiger partial charge in [-0.25, -0.2) is 0 Å². The standard InChI is InChI=1S/C23H18Cl2N2O3/c1-11-20-21(16-7-4-14(24)10-17(16)25)22-18(26-23(20)30-27-11)8-13(9-19(22)29)12-2-5-15(28)6-3-12/h2-7,10,13,21,26,28H,8-9H2,1H3/t13-,21+/m0/s1. The van der Waals surface area contributed by atoms with Crippen LogP contribution in [0.15, 0.2) is 58.3 Å². The number of hydrogen-bond donors (Lipinski definition) is 2. The normalized spacial score (nSPS) is 20.6. The SMILES string of the molecule is Cc1noc2c1[C@@H](c1ccc(Cl)cc1Cl)C1=C(C[C@H](c3ccc(O)cc3)CC1=O)N2. The molecule has 0 spiro atoms. The Bertz CT molecular complexity index is 1200. The molecule has 0 radical (unpaired) electrons. The fourth-order valence-corrected chi connectivity index (χ4v) is 5.02. The Morgan fingerprint density at radius 3 is 2.63 bits per heavy atom. The lowest BCUT2D eigenvalue weighted by Gasteiger charge is -2.34. The second-order valence-corrected chi connectivity index (χ2v) is 8.59. The van der Waals surface area contributed by atoms with Crippen LogP contribution in [0, 0.1) is 6.92 Å². The third-order valence-corrected chi connectivity index (χ3v) is 6.46. The summed E-state index contributed by atoms with van der Waals surface area (Å²) in [7, 11) is 0. The number of phenols is 1. The van der Waals surface area contributed by atoms with Crippen LogP contribution in [0.1, 0.15) is 47.1 Å². The number of benzene rings is 2. The number of aryl methyl sites for hydroxylation is 1. The second kappa shape index (κ2) is 7.18. The summed E-state index contributed by atoms with van der Waals surface area (Å²) >= 11 is 12.7. The molecule has 0 fully saturated rings. The van der Waals surface area contributed by atoms with E-state index in [9.17, 15) is 9.90 Å². The number of ketones is 1. The molecule has 1 aliphatic carbocycles. The number of Topliss-reactive ketones (excluding diaryl/α,β-unsaturated/α-hetero) is 1. The van der Waals surface area contributed by atoms with E-state index in [0.717, 1.165) is 22.4 Å². The lowest BCUT2D eigenvalue weighted by molar-refractivity contribution is -0.116. The van der Waals surface area contributed by atoms with Gasteiger partial charge >= 0.3 is 0 Å². The second-order valence-electron chi connectivity index (χ2n) is 7.75. The van der Waals surface area contributed by atoms with Crippen molar-refractivity contribution in [2.75, 3.05) is 5.32 Å². The minimum atomic E-state index is -0.361. The number of anilines is 1. The smallest absolute Gasteiger partial charge is 0.233 e. The van der Waals surface area contributed by atoms with Crippen LogP contribution in [-0.2, 0) is 4.79 Å². The molecule has 5 nitrogen and oxygen atoms in total. The highest BCUT2D eigenvalue weighted by Crippen LogP contribution is 2.50. The summed E-state index contributed by atoms with van der Waals surface area (Å²) in [5.41, 5.74) is 4.88. The van der Waals surface area contributed by atoms with Crippen LogP contribution in [0.4, 0.5) is 5.88 Å². The maximum absolute atomic E-state index is 13.4. The number of fused-ring (bicyclic) bond motifs is 1. The lowest BCUT2D eigenvalue weighted by Crippen LogP contribution is -2.29. The van der Waals surface area contributed by atoms with E-state index in [4.69, 9.17) is 27.7 Å². The number of carbonyl (C=O) groups is 1. The van der Waals surface area contributed by atoms with Gasteiger partial charge < -0.3 is 14.9 Å². The van der Waals surface area contributed by atoms with Crippen LogP contribution in [0.5, 0.6) is 5.75 Å². The first-order chi connectivity index (χ1) is 14.4. The van der Waals surface area contributed by atoms with Crippen LogP contribution in [0.2, 0.25) is 10.0 Å². The van der Waals surface area contributed by atoms with Crippen molar-refractivity contribution >= 4 is 34.9 Å². The number of aromatic nitrogens is 1. The van der Waals surface area contributed by atoms with E-state index >= 15 is 0 Å². The fraction of sp³-hybridized carbons (Fsp3) is 0.217. The molecule has 2 atom stereocenters. The first kappa shape index (κ1) is 19.2. The Labute approximate surface area is 183 Å². The molecule has 1 aromatic heterocycles. The molecule has 7 heteroatoms. The molecule has 0 saturated carbocycles. The first-order valence-electron chi connectivity index (χ1n) is 9.65. The van der Waals surface area contributed by atoms with Gasteiger partial charge in [0.15, 0.2) is 5.78 Å². The molecule has 2 N–H and O–H groups in total. The molecule has 0 unspecified atom stereocenters. The number of allylic oxidation sites excluding steroid dienone is 2. The number of nitrogens with one attached hydrogen (secondary N) is 1. The monoisotopic (exact) mass is 440 g/mol. The van der Waals surface area contributed by atoms with Crippen LogP contribution in [0.3, 0.4) is 0 Å². The van der Waals surface area contributed by atoms with Gasteiger partial charge in [-0.1, -0.05) is 46.6 Å². The average molecular weight is 441 g/mol. The van der Waals surface area contributed by atoms with Gasteiger partial charge in [-0.05, 0) is 54.7 Å². The van der Waals surface area contributed by atoms with Crippen molar-refractivity contribution < 1.29 is 14.4 Å². The maximum atomic E-state index is 13.4. The summed E-state index contributed by atoms with van der Waals surface area (Å²) in [6, 6.07) is 12.3. The zero-order valence-corrected chi connectivity index (χ0v) is 17.6. The van der Waals surface area contributed by atoms with Crippen LogP contribution < -0.4 is 5.32 Å². The predicted molar refractivity (Wildman–Crippen MR) is 115 cm³/mol. The molecule has 30 heavy (non-hydrogen) atoms. The number of phenolic OH excluding ortho intramolecular Hbond substituents is 1. The summed E-state index contributed by atoms with van der Waals surface area (Å²) in [5, 5.41) is 18.0. The van der Waals surface area contributed by atoms with Crippen molar-refractivity contribution in [1.29, 1.82) is 0 Å². The van der Waals surface area contributed by atoms with Gasteiger partial charge in [0.25, 0.3) is 0 Å². The van der Waals surface area contributed by atoms with Crippen LogP contribution >= 0.6 is 23.2 Å². The third kappa shape index (κ3) is 3.09. The van der Waals surface area contributed by atoms with Gasteiger partial charge in [0.1, 0.15) is 5.75 Å². The fourth-order valence-electron chi connectivity index (χ4n) is 4.50. The van der Waals surface area contributed by atoms with E-state index in [1.54, 1.807) is 24.3 Å².